The fraction of sp³-hybridized carbons (Fsp3) is 0.0870. The van der Waals surface area contributed by atoms with Crippen molar-refractivity contribution in [3.63, 3.8) is 0 Å². The van der Waals surface area contributed by atoms with Gasteiger partial charge in [-0.15, -0.1) is 0 Å². The second kappa shape index (κ2) is 9.93. The van der Waals surface area contributed by atoms with E-state index in [4.69, 9.17) is 4.74 Å². The highest BCUT2D eigenvalue weighted by atomic mass is 16.5. The Hall–Kier alpha value is -4.33. The first-order valence-corrected chi connectivity index (χ1v) is 9.34. The van der Waals surface area contributed by atoms with Crippen molar-refractivity contribution in [2.75, 3.05) is 12.4 Å². The predicted molar refractivity (Wildman–Crippen MR) is 118 cm³/mol. The summed E-state index contributed by atoms with van der Waals surface area (Å²) in [6.07, 6.45) is 7.77. The Balaban J connectivity index is 1.86. The van der Waals surface area contributed by atoms with E-state index in [1.165, 1.54) is 25.5 Å². The van der Waals surface area contributed by atoms with Gasteiger partial charge in [0.15, 0.2) is 0 Å². The molecule has 8 nitrogen and oxygen atoms in total. The minimum Gasteiger partial charge on any atom is -0.505 e. The van der Waals surface area contributed by atoms with Crippen molar-refractivity contribution < 1.29 is 24.5 Å². The Morgan fingerprint density at radius 3 is 2.81 bits per heavy atom. The standard InChI is InChI=1S/C23H21N3O5/c1-31-18-10-9-17(21(12-18)24-14-27)13-25-26-20-8-3-2-7-19(22(20)28)15-5-4-6-16(11-15)23(29)30/h2-6,8-14,26,28H,7H2,1H3,(H,24,27)(H,29,30)/b25-13+. The number of aliphatic hydroxyl groups excluding tert-OH is 1. The van der Waals surface area contributed by atoms with Crippen LogP contribution in [0.1, 0.15) is 27.9 Å². The summed E-state index contributed by atoms with van der Waals surface area (Å²) in [5, 5.41) is 26.8. The van der Waals surface area contributed by atoms with Crippen molar-refractivity contribution in [2.45, 2.75) is 6.42 Å². The number of aliphatic hydroxyl groups is 1. The molecule has 0 radical (unpaired) electrons. The molecule has 31 heavy (non-hydrogen) atoms. The summed E-state index contributed by atoms with van der Waals surface area (Å²) < 4.78 is 5.15. The van der Waals surface area contributed by atoms with Gasteiger partial charge in [-0.1, -0.05) is 24.3 Å². The van der Waals surface area contributed by atoms with Crippen molar-refractivity contribution >= 4 is 29.9 Å². The highest BCUT2D eigenvalue weighted by molar-refractivity contribution is 5.92. The van der Waals surface area contributed by atoms with Crippen LogP contribution in [-0.4, -0.2) is 35.9 Å². The van der Waals surface area contributed by atoms with Gasteiger partial charge in [0.2, 0.25) is 6.41 Å². The zero-order valence-electron chi connectivity index (χ0n) is 16.7. The molecule has 1 aliphatic carbocycles. The lowest BCUT2D eigenvalue weighted by molar-refractivity contribution is -0.105. The fourth-order valence-corrected chi connectivity index (χ4v) is 3.01. The smallest absolute Gasteiger partial charge is 0.335 e. The quantitative estimate of drug-likeness (QED) is 0.294. The molecule has 1 amide bonds. The predicted octanol–water partition coefficient (Wildman–Crippen LogP) is 3.70. The number of ether oxygens (including phenoxy) is 1. The van der Waals surface area contributed by atoms with Gasteiger partial charge in [-0.2, -0.15) is 5.10 Å². The monoisotopic (exact) mass is 419 g/mol. The van der Waals surface area contributed by atoms with E-state index in [-0.39, 0.29) is 11.3 Å². The molecule has 0 bridgehead atoms. The van der Waals surface area contributed by atoms with Gasteiger partial charge in [-0.25, -0.2) is 4.79 Å². The number of carbonyl (C=O) groups excluding carboxylic acids is 1. The Labute approximate surface area is 178 Å². The number of aromatic carboxylic acids is 1. The van der Waals surface area contributed by atoms with Crippen molar-refractivity contribution in [3.8, 4) is 5.75 Å². The zero-order valence-corrected chi connectivity index (χ0v) is 16.7. The van der Waals surface area contributed by atoms with Gasteiger partial charge in [0.05, 0.1) is 30.3 Å². The molecule has 0 unspecified atom stereocenters. The molecule has 0 fully saturated rings. The first kappa shape index (κ1) is 21.4. The molecule has 0 aromatic heterocycles. The van der Waals surface area contributed by atoms with Crippen LogP contribution in [0.2, 0.25) is 0 Å². The molecule has 0 spiro atoms. The maximum absolute atomic E-state index is 11.3. The molecule has 2 aromatic carbocycles. The van der Waals surface area contributed by atoms with E-state index in [9.17, 15) is 19.8 Å². The highest BCUT2D eigenvalue weighted by Crippen LogP contribution is 2.28. The van der Waals surface area contributed by atoms with E-state index in [0.717, 1.165) is 0 Å². The summed E-state index contributed by atoms with van der Waals surface area (Å²) in [6.45, 7) is 0. The molecule has 3 rings (SSSR count). The van der Waals surface area contributed by atoms with Crippen molar-refractivity contribution in [3.05, 3.63) is 88.8 Å². The van der Waals surface area contributed by atoms with Crippen molar-refractivity contribution in [1.82, 2.24) is 5.43 Å². The molecule has 1 aliphatic rings. The molecule has 0 aliphatic heterocycles. The number of carboxylic acid groups (broad SMARTS) is 1. The summed E-state index contributed by atoms with van der Waals surface area (Å²) >= 11 is 0. The largest absolute Gasteiger partial charge is 0.505 e. The SMILES string of the molecule is COc1ccc(/C=N/NC2=CC=CCC(c3cccc(C(=O)O)c3)=C2O)c(NC=O)c1. The van der Waals surface area contributed by atoms with E-state index >= 15 is 0 Å². The average Bonchev–Trinajstić information content (AvgIpc) is 2.96. The van der Waals surface area contributed by atoms with Gasteiger partial charge in [-0.05, 0) is 42.3 Å². The number of hydrogen-bond acceptors (Lipinski definition) is 6. The summed E-state index contributed by atoms with van der Waals surface area (Å²) in [5.41, 5.74) is 5.60. The van der Waals surface area contributed by atoms with Crippen LogP contribution >= 0.6 is 0 Å². The lowest BCUT2D eigenvalue weighted by Gasteiger charge is -2.12. The van der Waals surface area contributed by atoms with E-state index in [1.807, 2.05) is 6.08 Å². The van der Waals surface area contributed by atoms with Crippen LogP contribution in [0.5, 0.6) is 5.75 Å². The number of hydrogen-bond donors (Lipinski definition) is 4. The molecule has 0 heterocycles. The number of benzene rings is 2. The van der Waals surface area contributed by atoms with Gasteiger partial charge in [0, 0.05) is 17.2 Å². The van der Waals surface area contributed by atoms with E-state index in [1.54, 1.807) is 42.5 Å². The summed E-state index contributed by atoms with van der Waals surface area (Å²) in [6, 6.07) is 11.5. The Bertz CT molecular complexity index is 1120. The van der Waals surface area contributed by atoms with Crippen molar-refractivity contribution in [1.29, 1.82) is 0 Å². The number of allylic oxidation sites excluding steroid dienone is 4. The van der Waals surface area contributed by atoms with Crippen molar-refractivity contribution in [2.24, 2.45) is 5.10 Å². The van der Waals surface area contributed by atoms with Crippen LogP contribution in [0, 0.1) is 0 Å². The van der Waals surface area contributed by atoms with E-state index in [2.05, 4.69) is 15.8 Å². The lowest BCUT2D eigenvalue weighted by Crippen LogP contribution is -2.10. The summed E-state index contributed by atoms with van der Waals surface area (Å²) in [4.78, 5) is 22.1. The molecule has 158 valence electrons. The van der Waals surface area contributed by atoms with Crippen LogP contribution in [-0.2, 0) is 4.79 Å². The number of carboxylic acids is 1. The lowest BCUT2D eigenvalue weighted by atomic mass is 9.99. The van der Waals surface area contributed by atoms with E-state index < -0.39 is 5.97 Å². The third-order valence-electron chi connectivity index (χ3n) is 4.58. The van der Waals surface area contributed by atoms with Gasteiger partial charge in [-0.3, -0.25) is 10.2 Å². The second-order valence-electron chi connectivity index (χ2n) is 6.51. The molecule has 0 saturated heterocycles. The molecular formula is C23H21N3O5. The third-order valence-corrected chi connectivity index (χ3v) is 4.58. The molecule has 2 aromatic rings. The average molecular weight is 419 g/mol. The van der Waals surface area contributed by atoms with Crippen LogP contribution in [0.25, 0.3) is 5.57 Å². The van der Waals surface area contributed by atoms with Gasteiger partial charge >= 0.3 is 5.97 Å². The fourth-order valence-electron chi connectivity index (χ4n) is 3.01. The van der Waals surface area contributed by atoms with E-state index in [0.29, 0.717) is 46.7 Å². The number of carbonyl (C=O) groups is 2. The van der Waals surface area contributed by atoms with Gasteiger partial charge in [0.25, 0.3) is 0 Å². The van der Waals surface area contributed by atoms with Crippen LogP contribution < -0.4 is 15.5 Å². The topological polar surface area (TPSA) is 120 Å². The van der Waals surface area contributed by atoms with Gasteiger partial charge < -0.3 is 20.3 Å². The third kappa shape index (κ3) is 5.18. The second-order valence-corrected chi connectivity index (χ2v) is 6.51. The Morgan fingerprint density at radius 1 is 1.23 bits per heavy atom. The number of rotatable bonds is 8. The Kier molecular flexibility index (Phi) is 6.85. The number of anilines is 1. The van der Waals surface area contributed by atoms with Gasteiger partial charge in [0.1, 0.15) is 11.5 Å². The van der Waals surface area contributed by atoms with Crippen LogP contribution in [0.15, 0.2) is 77.3 Å². The maximum Gasteiger partial charge on any atom is 0.335 e. The number of amides is 1. The zero-order chi connectivity index (χ0) is 22.2. The number of nitrogens with zero attached hydrogens (tertiary/aromatic N) is 1. The minimum atomic E-state index is -1.04. The normalized spacial score (nSPS) is 13.5. The minimum absolute atomic E-state index is 0.0364. The molecule has 0 atom stereocenters. The number of methoxy groups -OCH3 is 1. The molecule has 4 N–H and O–H groups in total. The molecule has 8 heteroatoms. The highest BCUT2D eigenvalue weighted by Gasteiger charge is 2.15. The van der Waals surface area contributed by atoms with Crippen LogP contribution in [0.3, 0.4) is 0 Å². The molecule has 0 saturated carbocycles. The number of hydrazone groups is 1. The summed E-state index contributed by atoms with van der Waals surface area (Å²) in [5.74, 6) is -0.491. The first-order chi connectivity index (χ1) is 15.0. The number of nitrogens with one attached hydrogen (secondary N) is 2. The first-order valence-electron chi connectivity index (χ1n) is 9.34. The Morgan fingerprint density at radius 2 is 2.06 bits per heavy atom. The van der Waals surface area contributed by atoms with Crippen LogP contribution in [0.4, 0.5) is 5.69 Å². The maximum atomic E-state index is 11.3. The summed E-state index contributed by atoms with van der Waals surface area (Å²) in [7, 11) is 1.53. The molecular weight excluding hydrogens is 398 g/mol.